The van der Waals surface area contributed by atoms with Gasteiger partial charge in [0.1, 0.15) is 11.3 Å². The fourth-order valence-corrected chi connectivity index (χ4v) is 2.49. The van der Waals surface area contributed by atoms with Crippen molar-refractivity contribution < 1.29 is 9.18 Å². The van der Waals surface area contributed by atoms with Crippen LogP contribution in [-0.4, -0.2) is 21.7 Å². The summed E-state index contributed by atoms with van der Waals surface area (Å²) in [4.78, 5) is 11.7. The average Bonchev–Trinajstić information content (AvgIpc) is 2.79. The molecule has 0 atom stereocenters. The van der Waals surface area contributed by atoms with E-state index in [0.29, 0.717) is 4.34 Å². The third-order valence-electron chi connectivity index (χ3n) is 1.84. The number of benzene rings is 1. The summed E-state index contributed by atoms with van der Waals surface area (Å²) in [5.41, 5.74) is 1.72. The molecular formula is C10H7FN2OS2. The van der Waals surface area contributed by atoms with Gasteiger partial charge in [-0.1, -0.05) is 35.2 Å². The van der Waals surface area contributed by atoms with Gasteiger partial charge < -0.3 is 0 Å². The number of ketones is 1. The summed E-state index contributed by atoms with van der Waals surface area (Å²) in [6.07, 6.45) is 0. The summed E-state index contributed by atoms with van der Waals surface area (Å²) in [5, 5.41) is 7.44. The number of carbonyl (C=O) groups is 1. The lowest BCUT2D eigenvalue weighted by Crippen LogP contribution is -2.04. The minimum absolute atomic E-state index is 0.125. The SMILES string of the molecule is O=C(CSc1nncs1)c1ccccc1F. The van der Waals surface area contributed by atoms with Crippen LogP contribution in [0.1, 0.15) is 10.4 Å². The van der Waals surface area contributed by atoms with Gasteiger partial charge in [-0.15, -0.1) is 10.2 Å². The van der Waals surface area contributed by atoms with Gasteiger partial charge in [-0.2, -0.15) is 0 Å². The smallest absolute Gasteiger partial charge is 0.176 e. The monoisotopic (exact) mass is 254 g/mol. The summed E-state index contributed by atoms with van der Waals surface area (Å²) in [7, 11) is 0. The van der Waals surface area contributed by atoms with Crippen molar-refractivity contribution in [3.05, 3.63) is 41.2 Å². The van der Waals surface area contributed by atoms with Gasteiger partial charge in [0.2, 0.25) is 0 Å². The van der Waals surface area contributed by atoms with E-state index >= 15 is 0 Å². The molecule has 1 aromatic carbocycles. The first-order chi connectivity index (χ1) is 7.77. The van der Waals surface area contributed by atoms with E-state index in [1.54, 1.807) is 17.6 Å². The molecule has 2 aromatic rings. The molecule has 16 heavy (non-hydrogen) atoms. The first kappa shape index (κ1) is 11.2. The van der Waals surface area contributed by atoms with Crippen LogP contribution >= 0.6 is 23.1 Å². The molecule has 1 aromatic heterocycles. The molecule has 1 heterocycles. The molecule has 0 amide bonds. The van der Waals surface area contributed by atoms with E-state index in [4.69, 9.17) is 0 Å². The van der Waals surface area contributed by atoms with E-state index in [0.717, 1.165) is 0 Å². The van der Waals surface area contributed by atoms with Crippen LogP contribution in [0.2, 0.25) is 0 Å². The zero-order valence-corrected chi connectivity index (χ0v) is 9.72. The Bertz CT molecular complexity index is 487. The van der Waals surface area contributed by atoms with Crippen molar-refractivity contribution in [2.24, 2.45) is 0 Å². The van der Waals surface area contributed by atoms with Crippen LogP contribution in [0.15, 0.2) is 34.1 Å². The Hall–Kier alpha value is -1.27. The number of hydrogen-bond donors (Lipinski definition) is 0. The van der Waals surface area contributed by atoms with Gasteiger partial charge >= 0.3 is 0 Å². The van der Waals surface area contributed by atoms with Crippen molar-refractivity contribution in [1.82, 2.24) is 10.2 Å². The molecule has 0 radical (unpaired) electrons. The number of carbonyl (C=O) groups excluding carboxylic acids is 1. The van der Waals surface area contributed by atoms with E-state index in [9.17, 15) is 9.18 Å². The number of aromatic nitrogens is 2. The molecule has 0 aliphatic heterocycles. The largest absolute Gasteiger partial charge is 0.293 e. The molecule has 0 unspecified atom stereocenters. The van der Waals surface area contributed by atoms with Crippen LogP contribution in [0.25, 0.3) is 0 Å². The Labute approximate surface area is 99.7 Å². The Morgan fingerprint density at radius 2 is 2.25 bits per heavy atom. The summed E-state index contributed by atoms with van der Waals surface area (Å²) >= 11 is 2.63. The highest BCUT2D eigenvalue weighted by Crippen LogP contribution is 2.20. The predicted octanol–water partition coefficient (Wildman–Crippen LogP) is 2.65. The summed E-state index contributed by atoms with van der Waals surface area (Å²) in [6, 6.07) is 5.97. The standard InChI is InChI=1S/C10H7FN2OS2/c11-8-4-2-1-3-7(8)9(14)5-15-10-13-12-6-16-10/h1-4,6H,5H2. The van der Waals surface area contributed by atoms with Crippen LogP contribution in [0.3, 0.4) is 0 Å². The average molecular weight is 254 g/mol. The Balaban J connectivity index is 2.01. The lowest BCUT2D eigenvalue weighted by molar-refractivity contribution is 0.101. The normalized spacial score (nSPS) is 10.3. The first-order valence-electron chi connectivity index (χ1n) is 4.44. The lowest BCUT2D eigenvalue weighted by atomic mass is 10.1. The van der Waals surface area contributed by atoms with Gasteiger partial charge in [0.25, 0.3) is 0 Å². The second kappa shape index (κ2) is 5.18. The predicted molar refractivity (Wildman–Crippen MR) is 61.4 cm³/mol. The van der Waals surface area contributed by atoms with E-state index in [1.807, 2.05) is 0 Å². The molecule has 0 bridgehead atoms. The minimum Gasteiger partial charge on any atom is -0.293 e. The Morgan fingerprint density at radius 3 is 2.94 bits per heavy atom. The Morgan fingerprint density at radius 1 is 1.44 bits per heavy atom. The van der Waals surface area contributed by atoms with Crippen LogP contribution in [0.4, 0.5) is 4.39 Å². The molecule has 0 N–H and O–H groups in total. The second-order valence-corrected chi connectivity index (χ2v) is 4.95. The second-order valence-electron chi connectivity index (χ2n) is 2.90. The topological polar surface area (TPSA) is 42.9 Å². The summed E-state index contributed by atoms with van der Waals surface area (Å²) < 4.78 is 14.0. The van der Waals surface area contributed by atoms with Gasteiger partial charge in [-0.3, -0.25) is 4.79 Å². The molecule has 6 heteroatoms. The Kier molecular flexibility index (Phi) is 3.63. The number of thioether (sulfide) groups is 1. The molecular weight excluding hydrogens is 247 g/mol. The molecule has 2 rings (SSSR count). The number of hydrogen-bond acceptors (Lipinski definition) is 5. The summed E-state index contributed by atoms with van der Waals surface area (Å²) in [5.74, 6) is -0.542. The van der Waals surface area contributed by atoms with Crippen molar-refractivity contribution >= 4 is 28.9 Å². The van der Waals surface area contributed by atoms with Crippen molar-refractivity contribution in [2.45, 2.75) is 4.34 Å². The first-order valence-corrected chi connectivity index (χ1v) is 6.30. The maximum absolute atomic E-state index is 13.3. The zero-order valence-electron chi connectivity index (χ0n) is 8.09. The fourth-order valence-electron chi connectivity index (χ4n) is 1.12. The third-order valence-corrected chi connectivity index (χ3v) is 3.70. The van der Waals surface area contributed by atoms with Gasteiger partial charge in [0.05, 0.1) is 11.3 Å². The molecule has 0 saturated heterocycles. The van der Waals surface area contributed by atoms with Crippen LogP contribution in [-0.2, 0) is 0 Å². The maximum atomic E-state index is 13.3. The van der Waals surface area contributed by atoms with Crippen LogP contribution in [0, 0.1) is 5.82 Å². The molecule has 0 fully saturated rings. The molecule has 3 nitrogen and oxygen atoms in total. The maximum Gasteiger partial charge on any atom is 0.176 e. The number of rotatable bonds is 4. The van der Waals surface area contributed by atoms with Gasteiger partial charge in [-0.25, -0.2) is 4.39 Å². The molecule has 82 valence electrons. The van der Waals surface area contributed by atoms with E-state index in [-0.39, 0.29) is 17.1 Å². The van der Waals surface area contributed by atoms with Gasteiger partial charge in [-0.05, 0) is 12.1 Å². The molecule has 0 saturated carbocycles. The summed E-state index contributed by atoms with van der Waals surface area (Å²) in [6.45, 7) is 0. The van der Waals surface area contributed by atoms with Gasteiger partial charge in [0, 0.05) is 0 Å². The zero-order chi connectivity index (χ0) is 11.4. The highest BCUT2D eigenvalue weighted by atomic mass is 32.2. The molecule has 0 aliphatic rings. The van der Waals surface area contributed by atoms with Gasteiger partial charge in [0.15, 0.2) is 10.1 Å². The van der Waals surface area contributed by atoms with Crippen molar-refractivity contribution in [1.29, 1.82) is 0 Å². The van der Waals surface area contributed by atoms with Crippen molar-refractivity contribution in [3.8, 4) is 0 Å². The number of nitrogens with zero attached hydrogens (tertiary/aromatic N) is 2. The quantitative estimate of drug-likeness (QED) is 0.621. The third kappa shape index (κ3) is 2.65. The minimum atomic E-state index is -0.481. The highest BCUT2D eigenvalue weighted by molar-refractivity contribution is 8.01. The van der Waals surface area contributed by atoms with Crippen molar-refractivity contribution in [2.75, 3.05) is 5.75 Å². The van der Waals surface area contributed by atoms with Crippen molar-refractivity contribution in [3.63, 3.8) is 0 Å². The number of halogens is 1. The number of Topliss-reactive ketones (excluding diaryl/α,β-unsaturated/α-hetero) is 1. The fraction of sp³-hybridized carbons (Fsp3) is 0.100. The molecule has 0 aliphatic carbocycles. The lowest BCUT2D eigenvalue weighted by Gasteiger charge is -2.00. The van der Waals surface area contributed by atoms with E-state index < -0.39 is 5.82 Å². The molecule has 0 spiro atoms. The highest BCUT2D eigenvalue weighted by Gasteiger charge is 2.11. The van der Waals surface area contributed by atoms with E-state index in [2.05, 4.69) is 10.2 Å². The van der Waals surface area contributed by atoms with E-state index in [1.165, 1.54) is 35.2 Å². The van der Waals surface area contributed by atoms with Crippen LogP contribution in [0.5, 0.6) is 0 Å². The van der Waals surface area contributed by atoms with Crippen LogP contribution < -0.4 is 0 Å².